The van der Waals surface area contributed by atoms with E-state index in [9.17, 15) is 76.2 Å². The average Bonchev–Trinajstić information content (AvgIpc) is 3.12. The summed E-state index contributed by atoms with van der Waals surface area (Å²) in [5.41, 5.74) is -4.49. The second-order valence-corrected chi connectivity index (χ2v) is 13.6. The van der Waals surface area contributed by atoms with Crippen LogP contribution in [0, 0.1) is 20.2 Å². The number of nitrogens with zero attached hydrogens (tertiary/aromatic N) is 6. The summed E-state index contributed by atoms with van der Waals surface area (Å²) in [6.45, 7) is 1.97. The summed E-state index contributed by atoms with van der Waals surface area (Å²) in [5.74, 6) is -6.58. The maximum atomic E-state index is 12.2. The molecule has 0 amide bonds. The van der Waals surface area contributed by atoms with E-state index in [0.29, 0.717) is 35.6 Å². The largest absolute Gasteiger partial charge is 3.00 e. The number of nitrogens with one attached hydrogen (secondary N) is 2. The molecule has 24 nitrogen and oxygen atoms in total. The summed E-state index contributed by atoms with van der Waals surface area (Å²) >= 11 is 0. The van der Waals surface area contributed by atoms with Gasteiger partial charge in [-0.3, -0.25) is 29.8 Å². The van der Waals surface area contributed by atoms with Gasteiger partial charge in [0, 0.05) is 49.5 Å². The van der Waals surface area contributed by atoms with Crippen molar-refractivity contribution in [1.82, 2.24) is 0 Å². The predicted molar refractivity (Wildman–Crippen MR) is 186 cm³/mol. The van der Waals surface area contributed by atoms with Crippen molar-refractivity contribution in [2.24, 2.45) is 20.5 Å². The van der Waals surface area contributed by atoms with Crippen LogP contribution in [-0.2, 0) is 47.2 Å². The molecule has 0 saturated carbocycles. The number of Topliss-reactive ketones (excluding diaryl/α,β-unsaturated/α-hetero) is 2. The average molecular weight is 891 g/mol. The summed E-state index contributed by atoms with van der Waals surface area (Å²) < 4.78 is 67.0. The maximum Gasteiger partial charge on any atom is 3.00 e. The SMILES string of the molecule is CC(=O)/C(N=Nc1cc([N+](=O)[O-])cc(S(=O)(=O)[O-])c1[O-])=C(/[O-])Nc1ccccc1.CC(=O)/C(N=Nc1cc([N+](=O)[O-])cc(S(=O)(=O)[O-])c1[O-])=C(/[O-])Nc1ccccc1.[Cr+3]. The monoisotopic (exact) mass is 890 g/mol. The van der Waals surface area contributed by atoms with E-state index < -0.39 is 109 Å². The van der Waals surface area contributed by atoms with Crippen molar-refractivity contribution in [1.29, 1.82) is 0 Å². The van der Waals surface area contributed by atoms with Crippen molar-refractivity contribution in [3.8, 4) is 11.5 Å². The van der Waals surface area contributed by atoms with Crippen molar-refractivity contribution >= 4 is 65.9 Å². The van der Waals surface area contributed by atoms with Gasteiger partial charge in [-0.05, 0) is 36.0 Å². The molecule has 27 heteroatoms. The Morgan fingerprint density at radius 2 is 0.898 bits per heavy atom. The molecule has 1 radical (unpaired) electrons. The van der Waals surface area contributed by atoms with E-state index in [1.54, 1.807) is 36.4 Å². The molecule has 307 valence electrons. The number of nitro benzene ring substituents is 2. The number of anilines is 2. The quantitative estimate of drug-likeness (QED) is 0.0455. The van der Waals surface area contributed by atoms with Gasteiger partial charge in [0.15, 0.2) is 11.6 Å². The predicted octanol–water partition coefficient (Wildman–Crippen LogP) is 1.77. The van der Waals surface area contributed by atoms with Crippen molar-refractivity contribution in [2.45, 2.75) is 23.6 Å². The first-order valence-electron chi connectivity index (χ1n) is 15.2. The molecule has 4 rings (SSSR count). The van der Waals surface area contributed by atoms with Gasteiger partial charge in [-0.2, -0.15) is 10.2 Å². The van der Waals surface area contributed by atoms with E-state index >= 15 is 0 Å². The number of azo groups is 2. The number of carbonyl (C=O) groups excluding carboxylic acids is 2. The molecule has 2 N–H and O–H groups in total. The molecule has 0 atom stereocenters. The third-order valence-electron chi connectivity index (χ3n) is 6.68. The van der Waals surface area contributed by atoms with Crippen LogP contribution >= 0.6 is 0 Å². The minimum Gasteiger partial charge on any atom is -0.870 e. The van der Waals surface area contributed by atoms with Crippen LogP contribution in [0.5, 0.6) is 11.5 Å². The molecule has 0 fully saturated rings. The van der Waals surface area contributed by atoms with Gasteiger partial charge in [-0.15, -0.1) is 10.2 Å². The summed E-state index contributed by atoms with van der Waals surface area (Å²) in [4.78, 5) is 40.3. The molecule has 4 aromatic carbocycles. The van der Waals surface area contributed by atoms with Gasteiger partial charge >= 0.3 is 17.4 Å². The molecule has 0 aromatic heterocycles. The van der Waals surface area contributed by atoms with Gasteiger partial charge in [0.25, 0.3) is 11.4 Å². The molecule has 0 spiro atoms. The zero-order chi connectivity index (χ0) is 43.5. The number of allylic oxidation sites excluding steroid dienone is 2. The zero-order valence-corrected chi connectivity index (χ0v) is 32.4. The summed E-state index contributed by atoms with van der Waals surface area (Å²) in [5, 5.41) is 88.4. The summed E-state index contributed by atoms with van der Waals surface area (Å²) in [6.07, 6.45) is 0. The second-order valence-electron chi connectivity index (χ2n) is 10.9. The summed E-state index contributed by atoms with van der Waals surface area (Å²) in [7, 11) is -10.7. The van der Waals surface area contributed by atoms with Crippen molar-refractivity contribution in [3.05, 3.63) is 128 Å². The van der Waals surface area contributed by atoms with Gasteiger partial charge in [0.05, 0.1) is 31.0 Å². The second kappa shape index (κ2) is 20.3. The fraction of sp³-hybridized carbons (Fsp3) is 0.0625. The first-order chi connectivity index (χ1) is 27.0. The molecule has 0 aliphatic carbocycles. The Kier molecular flexibility index (Phi) is 16.5. The molecule has 59 heavy (non-hydrogen) atoms. The normalized spacial score (nSPS) is 12.3. The number of carbonyl (C=O) groups is 2. The maximum absolute atomic E-state index is 12.2. The summed E-state index contributed by atoms with van der Waals surface area (Å²) in [6, 6.07) is 17.6. The number of benzene rings is 4. The Morgan fingerprint density at radius 3 is 1.15 bits per heavy atom. The van der Waals surface area contributed by atoms with Gasteiger partial charge in [-0.25, -0.2) is 16.8 Å². The topological polar surface area (TPSA) is 401 Å². The van der Waals surface area contributed by atoms with E-state index in [-0.39, 0.29) is 17.4 Å². The van der Waals surface area contributed by atoms with Gasteiger partial charge in [0.2, 0.25) is 0 Å². The fourth-order valence-corrected chi connectivity index (χ4v) is 5.25. The number of hydrogen-bond donors (Lipinski definition) is 2. The number of rotatable bonds is 14. The van der Waals surface area contributed by atoms with Crippen LogP contribution in [0.3, 0.4) is 0 Å². The number of para-hydroxylation sites is 2. The van der Waals surface area contributed by atoms with E-state index in [2.05, 4.69) is 31.1 Å². The van der Waals surface area contributed by atoms with Crippen molar-refractivity contribution in [3.63, 3.8) is 0 Å². The molecule has 0 aliphatic rings. The Morgan fingerprint density at radius 1 is 0.593 bits per heavy atom. The zero-order valence-electron chi connectivity index (χ0n) is 29.5. The standard InChI is InChI=1S/2C16H14N4O8S.Cr/c2*1-9(21)14(16(23)17-10-5-3-2-4-6-10)19-18-12-7-11(20(24)25)8-13(15(12)22)29(26,27)28;/h2*2-8,17,22-23H,1H3,(H,26,27,28);/q;;+3/p-6/b2*16-14-,19-18?;. The smallest absolute Gasteiger partial charge is 0.870 e. The molecule has 0 unspecified atom stereocenters. The number of non-ortho nitro benzene ring substituents is 2. The molecule has 0 saturated heterocycles. The Bertz CT molecular complexity index is 2440. The van der Waals surface area contributed by atoms with Crippen LogP contribution in [-0.4, -0.2) is 47.4 Å². The van der Waals surface area contributed by atoms with Gasteiger partial charge in [-0.1, -0.05) is 47.9 Å². The first kappa shape index (κ1) is 48.0. The van der Waals surface area contributed by atoms with Crippen LogP contribution in [0.2, 0.25) is 0 Å². The molecular formula is C32H22CrN8O16S2-3. The van der Waals surface area contributed by atoms with Crippen LogP contribution < -0.4 is 31.1 Å². The van der Waals surface area contributed by atoms with Crippen LogP contribution in [0.4, 0.5) is 34.1 Å². The fourth-order valence-electron chi connectivity index (χ4n) is 4.06. The van der Waals surface area contributed by atoms with E-state index in [1.165, 1.54) is 24.3 Å². The number of nitro groups is 2. The Labute approximate surface area is 342 Å². The van der Waals surface area contributed by atoms with Crippen LogP contribution in [0.1, 0.15) is 13.8 Å². The van der Waals surface area contributed by atoms with E-state index in [0.717, 1.165) is 13.8 Å². The third-order valence-corrected chi connectivity index (χ3v) is 8.36. The van der Waals surface area contributed by atoms with Crippen molar-refractivity contribution in [2.75, 3.05) is 10.6 Å². The third kappa shape index (κ3) is 13.5. The van der Waals surface area contributed by atoms with Crippen LogP contribution in [0.25, 0.3) is 0 Å². The van der Waals surface area contributed by atoms with E-state index in [1.807, 2.05) is 0 Å². The minimum atomic E-state index is -5.35. The molecule has 0 heterocycles. The molecular weight excluding hydrogens is 869 g/mol. The Balaban J connectivity index is 0.000000400. The van der Waals surface area contributed by atoms with Crippen molar-refractivity contribution < 1.29 is 83.2 Å². The van der Waals surface area contributed by atoms with Gasteiger partial charge in [0.1, 0.15) is 31.6 Å². The Hall–Kier alpha value is -7.15. The van der Waals surface area contributed by atoms with E-state index in [4.69, 9.17) is 0 Å². The minimum absolute atomic E-state index is 0. The first-order valence-corrected chi connectivity index (χ1v) is 18.1. The number of hydrogen-bond acceptors (Lipinski definition) is 22. The molecule has 0 aliphatic heterocycles. The number of ketones is 2. The van der Waals surface area contributed by atoms with Crippen LogP contribution in [0.15, 0.2) is 138 Å². The van der Waals surface area contributed by atoms with Gasteiger partial charge < -0.3 is 40.2 Å². The molecule has 0 bridgehead atoms. The molecule has 4 aromatic rings.